The standard InChI is InChI=1S/C16H17FN2O4/c17-12-1-2-15(19(20)21)14(7-12)18-13-5-10-8-16(9-11(10)6-13)22-3-4-23-16/h1-2,5,7,11,13,18H,3-4,6,8-9H2/t11-,13+/m0/s1. The van der Waals surface area contributed by atoms with Gasteiger partial charge in [0.2, 0.25) is 0 Å². The molecule has 23 heavy (non-hydrogen) atoms. The second kappa shape index (κ2) is 5.28. The van der Waals surface area contributed by atoms with E-state index in [2.05, 4.69) is 11.4 Å². The molecule has 1 heterocycles. The summed E-state index contributed by atoms with van der Waals surface area (Å²) in [5.41, 5.74) is 1.38. The number of hydrogen-bond acceptors (Lipinski definition) is 5. The first-order valence-corrected chi connectivity index (χ1v) is 7.74. The van der Waals surface area contributed by atoms with Crippen molar-refractivity contribution in [2.75, 3.05) is 18.5 Å². The molecule has 1 aliphatic heterocycles. The fraction of sp³-hybridized carbons (Fsp3) is 0.500. The Morgan fingerprint density at radius 1 is 1.35 bits per heavy atom. The Morgan fingerprint density at radius 2 is 2.13 bits per heavy atom. The smallest absolute Gasteiger partial charge is 0.292 e. The maximum absolute atomic E-state index is 13.4. The molecule has 0 unspecified atom stereocenters. The van der Waals surface area contributed by atoms with Crippen molar-refractivity contribution in [1.29, 1.82) is 0 Å². The zero-order valence-electron chi connectivity index (χ0n) is 12.5. The van der Waals surface area contributed by atoms with Crippen molar-refractivity contribution in [1.82, 2.24) is 0 Å². The second-order valence-electron chi connectivity index (χ2n) is 6.33. The number of nitro benzene ring substituents is 1. The maximum Gasteiger partial charge on any atom is 0.292 e. The lowest BCUT2D eigenvalue weighted by atomic mass is 10.0. The summed E-state index contributed by atoms with van der Waals surface area (Å²) in [4.78, 5) is 10.6. The number of ether oxygens (including phenoxy) is 2. The van der Waals surface area contributed by atoms with Crippen LogP contribution in [0.2, 0.25) is 0 Å². The molecule has 2 atom stereocenters. The third kappa shape index (κ3) is 2.60. The molecule has 1 aromatic rings. The Bertz CT molecular complexity index is 685. The van der Waals surface area contributed by atoms with Gasteiger partial charge in [-0.1, -0.05) is 11.6 Å². The van der Waals surface area contributed by atoms with E-state index in [0.717, 1.165) is 25.3 Å². The number of nitro groups is 1. The van der Waals surface area contributed by atoms with E-state index in [1.54, 1.807) is 0 Å². The minimum atomic E-state index is -0.500. The molecule has 7 heteroatoms. The zero-order valence-corrected chi connectivity index (χ0v) is 12.5. The van der Waals surface area contributed by atoms with Gasteiger partial charge >= 0.3 is 0 Å². The van der Waals surface area contributed by atoms with E-state index in [9.17, 15) is 14.5 Å². The normalized spacial score (nSPS) is 28.0. The Balaban J connectivity index is 1.51. The van der Waals surface area contributed by atoms with Crippen LogP contribution in [0.4, 0.5) is 15.8 Å². The van der Waals surface area contributed by atoms with Crippen molar-refractivity contribution in [3.05, 3.63) is 45.8 Å². The monoisotopic (exact) mass is 320 g/mol. The van der Waals surface area contributed by atoms with E-state index in [1.165, 1.54) is 17.7 Å². The predicted molar refractivity (Wildman–Crippen MR) is 80.5 cm³/mol. The van der Waals surface area contributed by atoms with Gasteiger partial charge in [-0.2, -0.15) is 0 Å². The minimum absolute atomic E-state index is 0.0331. The van der Waals surface area contributed by atoms with Gasteiger partial charge in [-0.25, -0.2) is 4.39 Å². The summed E-state index contributed by atoms with van der Waals surface area (Å²) < 4.78 is 24.9. The molecule has 122 valence electrons. The Morgan fingerprint density at radius 3 is 2.83 bits per heavy atom. The van der Waals surface area contributed by atoms with Crippen LogP contribution in [0.25, 0.3) is 0 Å². The highest BCUT2D eigenvalue weighted by Gasteiger charge is 2.49. The molecule has 0 amide bonds. The van der Waals surface area contributed by atoms with Crippen molar-refractivity contribution in [2.24, 2.45) is 5.92 Å². The molecule has 1 saturated heterocycles. The topological polar surface area (TPSA) is 73.6 Å². The van der Waals surface area contributed by atoms with Crippen molar-refractivity contribution in [2.45, 2.75) is 31.1 Å². The quantitative estimate of drug-likeness (QED) is 0.526. The highest BCUT2D eigenvalue weighted by molar-refractivity contribution is 5.62. The first kappa shape index (κ1) is 14.6. The lowest BCUT2D eigenvalue weighted by Crippen LogP contribution is -2.27. The van der Waals surface area contributed by atoms with Crippen LogP contribution >= 0.6 is 0 Å². The molecule has 2 fully saturated rings. The van der Waals surface area contributed by atoms with Gasteiger partial charge in [-0.3, -0.25) is 10.1 Å². The Labute approximate surface area is 132 Å². The van der Waals surface area contributed by atoms with Crippen LogP contribution in [0.1, 0.15) is 19.3 Å². The van der Waals surface area contributed by atoms with Gasteiger partial charge in [-0.15, -0.1) is 0 Å². The fourth-order valence-electron chi connectivity index (χ4n) is 3.90. The molecule has 0 radical (unpaired) electrons. The number of fused-ring (bicyclic) bond motifs is 1. The van der Waals surface area contributed by atoms with E-state index in [0.29, 0.717) is 19.1 Å². The third-order valence-corrected chi connectivity index (χ3v) is 4.82. The predicted octanol–water partition coefficient (Wildman–Crippen LogP) is 3.00. The lowest BCUT2D eigenvalue weighted by Gasteiger charge is -2.22. The summed E-state index contributed by atoms with van der Waals surface area (Å²) in [7, 11) is 0. The number of halogens is 1. The molecule has 1 saturated carbocycles. The molecule has 2 aliphatic carbocycles. The van der Waals surface area contributed by atoms with Gasteiger partial charge in [0, 0.05) is 31.0 Å². The number of rotatable bonds is 3. The van der Waals surface area contributed by atoms with Crippen LogP contribution in [0.15, 0.2) is 29.8 Å². The van der Waals surface area contributed by atoms with E-state index in [4.69, 9.17) is 9.47 Å². The van der Waals surface area contributed by atoms with Crippen LogP contribution in [-0.2, 0) is 9.47 Å². The fourth-order valence-corrected chi connectivity index (χ4v) is 3.90. The van der Waals surface area contributed by atoms with E-state index in [1.807, 2.05) is 0 Å². The molecule has 1 aromatic carbocycles. The second-order valence-corrected chi connectivity index (χ2v) is 6.33. The Hall–Kier alpha value is -1.99. The molecule has 0 bridgehead atoms. The highest BCUT2D eigenvalue weighted by Crippen LogP contribution is 2.49. The van der Waals surface area contributed by atoms with Crippen molar-refractivity contribution in [3.63, 3.8) is 0 Å². The molecule has 1 N–H and O–H groups in total. The number of benzene rings is 1. The summed E-state index contributed by atoms with van der Waals surface area (Å²) in [6.45, 7) is 1.27. The number of hydrogen-bond donors (Lipinski definition) is 1. The summed E-state index contributed by atoms with van der Waals surface area (Å²) in [6.07, 6.45) is 4.47. The van der Waals surface area contributed by atoms with Gasteiger partial charge in [0.05, 0.1) is 18.1 Å². The number of nitrogens with one attached hydrogen (secondary N) is 1. The van der Waals surface area contributed by atoms with E-state index in [-0.39, 0.29) is 17.4 Å². The third-order valence-electron chi connectivity index (χ3n) is 4.82. The van der Waals surface area contributed by atoms with Crippen LogP contribution in [-0.4, -0.2) is 30.0 Å². The van der Waals surface area contributed by atoms with E-state index >= 15 is 0 Å². The molecule has 3 aliphatic rings. The maximum atomic E-state index is 13.4. The van der Waals surface area contributed by atoms with Crippen LogP contribution < -0.4 is 5.32 Å². The SMILES string of the molecule is O=[N+]([O-])c1ccc(F)cc1N[C@@H]1C=C2CC3(C[C@@H]2C1)OCCO3. The molecule has 1 spiro atoms. The van der Waals surface area contributed by atoms with Gasteiger partial charge < -0.3 is 14.8 Å². The minimum Gasteiger partial charge on any atom is -0.373 e. The molecule has 0 aromatic heterocycles. The van der Waals surface area contributed by atoms with Gasteiger partial charge in [0.1, 0.15) is 11.5 Å². The van der Waals surface area contributed by atoms with E-state index < -0.39 is 16.5 Å². The molecular weight excluding hydrogens is 303 g/mol. The molecule has 6 nitrogen and oxygen atoms in total. The van der Waals surface area contributed by atoms with Crippen LogP contribution in [0.5, 0.6) is 0 Å². The van der Waals surface area contributed by atoms with Gasteiger partial charge in [-0.05, 0) is 18.4 Å². The summed E-state index contributed by atoms with van der Waals surface area (Å²) in [5.74, 6) is -0.583. The zero-order chi connectivity index (χ0) is 16.0. The largest absolute Gasteiger partial charge is 0.373 e. The first-order valence-electron chi connectivity index (χ1n) is 7.74. The van der Waals surface area contributed by atoms with Crippen molar-refractivity contribution >= 4 is 11.4 Å². The summed E-state index contributed by atoms with van der Waals surface area (Å²) >= 11 is 0. The Kier molecular flexibility index (Phi) is 3.35. The molecule has 4 rings (SSSR count). The van der Waals surface area contributed by atoms with Gasteiger partial charge in [0.25, 0.3) is 5.69 Å². The lowest BCUT2D eigenvalue weighted by molar-refractivity contribution is -0.384. The first-order chi connectivity index (χ1) is 11.0. The summed E-state index contributed by atoms with van der Waals surface area (Å²) in [5, 5.41) is 14.2. The average Bonchev–Trinajstić information content (AvgIpc) is 3.15. The highest BCUT2D eigenvalue weighted by atomic mass is 19.1. The number of anilines is 1. The molecular formula is C16H17FN2O4. The average molecular weight is 320 g/mol. The number of nitrogens with zero attached hydrogens (tertiary/aromatic N) is 1. The van der Waals surface area contributed by atoms with Gasteiger partial charge in [0.15, 0.2) is 5.79 Å². The van der Waals surface area contributed by atoms with Crippen LogP contribution in [0.3, 0.4) is 0 Å². The van der Waals surface area contributed by atoms with Crippen molar-refractivity contribution in [3.8, 4) is 0 Å². The van der Waals surface area contributed by atoms with Crippen LogP contribution in [0, 0.1) is 21.8 Å². The summed E-state index contributed by atoms with van der Waals surface area (Å²) in [6, 6.07) is 3.43. The van der Waals surface area contributed by atoms with Crippen molar-refractivity contribution < 1.29 is 18.8 Å².